The monoisotopic (exact) mass is 490 g/mol. The van der Waals surface area contributed by atoms with Gasteiger partial charge in [0.2, 0.25) is 11.7 Å². The molecule has 0 fully saturated rings. The van der Waals surface area contributed by atoms with Gasteiger partial charge in [0, 0.05) is 31.8 Å². The molecule has 1 aliphatic heterocycles. The largest absolute Gasteiger partial charge is 0.496 e. The smallest absolute Gasteiger partial charge is 0.294 e. The second kappa shape index (κ2) is 9.52. The number of furan rings is 1. The van der Waals surface area contributed by atoms with Crippen LogP contribution in [0.2, 0.25) is 5.02 Å². The first-order valence-corrected chi connectivity index (χ1v) is 10.9. The van der Waals surface area contributed by atoms with Crippen molar-refractivity contribution in [1.29, 1.82) is 0 Å². The summed E-state index contributed by atoms with van der Waals surface area (Å²) < 4.78 is 35.8. The third-order valence-electron chi connectivity index (χ3n) is 5.86. The summed E-state index contributed by atoms with van der Waals surface area (Å²) in [7, 11) is 2.89. The van der Waals surface area contributed by atoms with Crippen LogP contribution in [0.1, 0.15) is 23.0 Å². The number of carbonyl (C=O) groups excluding carboxylic acids is 2. The molecule has 0 saturated carbocycles. The lowest BCUT2D eigenvalue weighted by Gasteiger charge is -2.37. The van der Waals surface area contributed by atoms with E-state index in [2.05, 4.69) is 5.32 Å². The number of nitrogens with zero attached hydrogens (tertiary/aromatic N) is 1. The Labute approximate surface area is 200 Å². The molecule has 0 saturated heterocycles. The normalized spacial score (nSPS) is 17.8. The molecule has 2 heterocycles. The fourth-order valence-corrected chi connectivity index (χ4v) is 4.22. The molecule has 1 aliphatic rings. The highest BCUT2D eigenvalue weighted by Gasteiger charge is 2.47. The number of halogens is 2. The Kier molecular flexibility index (Phi) is 6.67. The number of ether oxygens (including phenoxy) is 3. The third kappa shape index (κ3) is 4.17. The molecule has 2 amide bonds. The van der Waals surface area contributed by atoms with Crippen LogP contribution < -0.4 is 14.8 Å². The summed E-state index contributed by atoms with van der Waals surface area (Å²) in [6.07, 6.45) is 0. The minimum atomic E-state index is -1.40. The zero-order chi connectivity index (χ0) is 24.5. The van der Waals surface area contributed by atoms with Crippen molar-refractivity contribution in [1.82, 2.24) is 10.2 Å². The quantitative estimate of drug-likeness (QED) is 0.542. The summed E-state index contributed by atoms with van der Waals surface area (Å²) in [6.45, 7) is 1.75. The van der Waals surface area contributed by atoms with E-state index in [0.717, 1.165) is 6.07 Å². The van der Waals surface area contributed by atoms with Crippen molar-refractivity contribution in [3.8, 4) is 11.5 Å². The molecule has 10 heteroatoms. The van der Waals surface area contributed by atoms with Crippen molar-refractivity contribution in [2.45, 2.75) is 19.0 Å². The number of benzene rings is 2. The van der Waals surface area contributed by atoms with E-state index < -0.39 is 23.2 Å². The van der Waals surface area contributed by atoms with E-state index in [0.29, 0.717) is 22.3 Å². The van der Waals surface area contributed by atoms with Crippen LogP contribution in [0.25, 0.3) is 11.0 Å². The van der Waals surface area contributed by atoms with Gasteiger partial charge < -0.3 is 28.8 Å². The van der Waals surface area contributed by atoms with Gasteiger partial charge in [0.15, 0.2) is 11.3 Å². The van der Waals surface area contributed by atoms with Gasteiger partial charge in [-0.3, -0.25) is 9.59 Å². The van der Waals surface area contributed by atoms with Crippen LogP contribution in [0.4, 0.5) is 4.39 Å². The highest BCUT2D eigenvalue weighted by Crippen LogP contribution is 2.38. The number of rotatable bonds is 7. The van der Waals surface area contributed by atoms with Crippen LogP contribution in [0.5, 0.6) is 11.5 Å². The molecule has 0 spiro atoms. The second-order valence-corrected chi connectivity index (χ2v) is 8.43. The van der Waals surface area contributed by atoms with Crippen LogP contribution in [0.3, 0.4) is 0 Å². The zero-order valence-corrected chi connectivity index (χ0v) is 19.7. The van der Waals surface area contributed by atoms with E-state index in [4.69, 9.17) is 30.2 Å². The summed E-state index contributed by atoms with van der Waals surface area (Å²) in [6, 6.07) is 9.46. The number of hydrogen-bond acceptors (Lipinski definition) is 6. The molecule has 1 unspecified atom stereocenters. The molecular weight excluding hydrogens is 467 g/mol. The van der Waals surface area contributed by atoms with Gasteiger partial charge in [0.1, 0.15) is 23.8 Å². The van der Waals surface area contributed by atoms with Gasteiger partial charge in [-0.15, -0.1) is 0 Å². The summed E-state index contributed by atoms with van der Waals surface area (Å²) >= 11 is 6.18. The molecule has 8 nitrogen and oxygen atoms in total. The summed E-state index contributed by atoms with van der Waals surface area (Å²) in [4.78, 5) is 28.4. The minimum Gasteiger partial charge on any atom is -0.496 e. The molecule has 34 heavy (non-hydrogen) atoms. The predicted octanol–water partition coefficient (Wildman–Crippen LogP) is 3.79. The van der Waals surface area contributed by atoms with Crippen LogP contribution in [0, 0.1) is 5.82 Å². The Bertz CT molecular complexity index is 1250. The molecule has 0 radical (unpaired) electrons. The molecule has 180 valence electrons. The van der Waals surface area contributed by atoms with Crippen molar-refractivity contribution >= 4 is 34.4 Å². The van der Waals surface area contributed by atoms with Crippen LogP contribution in [-0.4, -0.2) is 56.2 Å². The van der Waals surface area contributed by atoms with Gasteiger partial charge in [0.25, 0.3) is 5.91 Å². The van der Waals surface area contributed by atoms with Crippen molar-refractivity contribution in [3.63, 3.8) is 0 Å². The molecule has 0 aliphatic carbocycles. The average Bonchev–Trinajstić information content (AvgIpc) is 3.15. The van der Waals surface area contributed by atoms with Crippen LogP contribution in [-0.2, 0) is 16.1 Å². The fourth-order valence-electron chi connectivity index (χ4n) is 3.95. The van der Waals surface area contributed by atoms with Gasteiger partial charge >= 0.3 is 0 Å². The molecule has 1 aromatic heterocycles. The van der Waals surface area contributed by atoms with E-state index in [1.165, 1.54) is 25.2 Å². The first-order chi connectivity index (χ1) is 16.3. The number of para-hydroxylation sites is 1. The van der Waals surface area contributed by atoms with E-state index in [-0.39, 0.29) is 42.8 Å². The first kappa shape index (κ1) is 23.8. The maximum atomic E-state index is 13.7. The standard InChI is InChI=1S/C24H24ClFN2O6/c1-24(23(30)27-12-16-17(25)10-14(26)11-19(16)32-3)13-33-20-15-6-4-5-7-18(15)34-21(20)22(29)28(24)8-9-31-2/h4-7,10-11H,8-9,12-13H2,1-3H3,(H,27,30). The number of nitrogens with one attached hydrogen (secondary N) is 1. The fraction of sp³-hybridized carbons (Fsp3) is 0.333. The third-order valence-corrected chi connectivity index (χ3v) is 6.19. The zero-order valence-electron chi connectivity index (χ0n) is 18.9. The summed E-state index contributed by atoms with van der Waals surface area (Å²) in [5, 5.41) is 3.54. The van der Waals surface area contributed by atoms with Gasteiger partial charge in [-0.05, 0) is 25.1 Å². The van der Waals surface area contributed by atoms with E-state index >= 15 is 0 Å². The number of methoxy groups -OCH3 is 2. The van der Waals surface area contributed by atoms with Gasteiger partial charge in [0.05, 0.1) is 24.1 Å². The first-order valence-electron chi connectivity index (χ1n) is 10.6. The van der Waals surface area contributed by atoms with Crippen LogP contribution >= 0.6 is 11.6 Å². The Morgan fingerprint density at radius 2 is 2.06 bits per heavy atom. The van der Waals surface area contributed by atoms with E-state index in [1.54, 1.807) is 25.1 Å². The molecule has 1 atom stereocenters. The van der Waals surface area contributed by atoms with E-state index in [1.807, 2.05) is 6.07 Å². The lowest BCUT2D eigenvalue weighted by molar-refractivity contribution is -0.133. The maximum absolute atomic E-state index is 13.7. The Morgan fingerprint density at radius 1 is 1.29 bits per heavy atom. The highest BCUT2D eigenvalue weighted by molar-refractivity contribution is 6.31. The lowest BCUT2D eigenvalue weighted by Crippen LogP contribution is -2.61. The SMILES string of the molecule is COCCN1C(=O)c2oc3ccccc3c2OCC1(C)C(=O)NCc1c(Cl)cc(F)cc1OC. The lowest BCUT2D eigenvalue weighted by atomic mass is 9.99. The minimum absolute atomic E-state index is 0.0251. The second-order valence-electron chi connectivity index (χ2n) is 8.02. The van der Waals surface area contributed by atoms with Crippen molar-refractivity contribution in [2.75, 3.05) is 34.0 Å². The molecular formula is C24H24ClFN2O6. The maximum Gasteiger partial charge on any atom is 0.294 e. The number of carbonyl (C=O) groups is 2. The average molecular weight is 491 g/mol. The number of fused-ring (bicyclic) bond motifs is 3. The summed E-state index contributed by atoms with van der Waals surface area (Å²) in [5.74, 6) is -1.02. The number of amides is 2. The van der Waals surface area contributed by atoms with Crippen molar-refractivity contribution in [2.24, 2.45) is 0 Å². The van der Waals surface area contributed by atoms with Crippen molar-refractivity contribution < 1.29 is 32.6 Å². The molecule has 1 N–H and O–H groups in total. The molecule has 3 aromatic rings. The van der Waals surface area contributed by atoms with Crippen molar-refractivity contribution in [3.05, 3.63) is 58.6 Å². The van der Waals surface area contributed by atoms with Crippen LogP contribution in [0.15, 0.2) is 40.8 Å². The molecule has 2 aromatic carbocycles. The van der Waals surface area contributed by atoms with Gasteiger partial charge in [-0.25, -0.2) is 4.39 Å². The van der Waals surface area contributed by atoms with E-state index in [9.17, 15) is 14.0 Å². The Hall–Kier alpha value is -3.30. The Morgan fingerprint density at radius 3 is 2.79 bits per heavy atom. The number of hydrogen-bond donors (Lipinski definition) is 1. The summed E-state index contributed by atoms with van der Waals surface area (Å²) in [5.41, 5.74) is -0.485. The van der Waals surface area contributed by atoms with Gasteiger partial charge in [-0.1, -0.05) is 23.7 Å². The topological polar surface area (TPSA) is 90.2 Å². The molecule has 4 rings (SSSR count). The Balaban J connectivity index is 1.65. The van der Waals surface area contributed by atoms with Gasteiger partial charge in [-0.2, -0.15) is 0 Å². The highest BCUT2D eigenvalue weighted by atomic mass is 35.5. The molecule has 0 bridgehead atoms. The predicted molar refractivity (Wildman–Crippen MR) is 123 cm³/mol.